The Morgan fingerprint density at radius 3 is 2.53 bits per heavy atom. The van der Waals surface area contributed by atoms with Gasteiger partial charge in [0.25, 0.3) is 11.8 Å². The molecule has 3 aromatic carbocycles. The number of hydrogen-bond donors (Lipinski definition) is 2. The van der Waals surface area contributed by atoms with Gasteiger partial charge in [0.1, 0.15) is 12.0 Å². The Bertz CT molecular complexity index is 2990. The zero-order valence-electron chi connectivity index (χ0n) is 37.2. The Morgan fingerprint density at radius 2 is 1.76 bits per heavy atom. The minimum absolute atomic E-state index is 0.0371. The minimum atomic E-state index is -1.18. The molecule has 3 saturated heterocycles. The van der Waals surface area contributed by atoms with E-state index in [0.29, 0.717) is 61.4 Å². The lowest BCUT2D eigenvalue weighted by Crippen LogP contribution is -2.52. The summed E-state index contributed by atoms with van der Waals surface area (Å²) in [5.41, 5.74) is 5.65. The molecular formula is C48H48F2N12O5S. The number of nitrogens with zero attached hydrogens (tertiary/aromatic N) is 10. The highest BCUT2D eigenvalue weighted by molar-refractivity contribution is 7.13. The van der Waals surface area contributed by atoms with Crippen molar-refractivity contribution < 1.29 is 32.8 Å². The molecule has 0 bridgehead atoms. The molecule has 3 fully saturated rings. The third kappa shape index (κ3) is 7.93. The fraction of sp³-hybridized carbons (Fsp3) is 0.375. The molecular weight excluding hydrogens is 895 g/mol. The number of aryl methyl sites for hydroxylation is 2. The van der Waals surface area contributed by atoms with Gasteiger partial charge < -0.3 is 19.3 Å². The summed E-state index contributed by atoms with van der Waals surface area (Å²) in [5.74, 6) is -1.68. The number of piperidine rings is 1. The highest BCUT2D eigenvalue weighted by Gasteiger charge is 2.42. The van der Waals surface area contributed by atoms with Gasteiger partial charge in [0.15, 0.2) is 17.0 Å². The number of imidazole rings is 1. The number of fused-ring (bicyclic) bond motifs is 3. The third-order valence-electron chi connectivity index (χ3n) is 14.1. The molecule has 350 valence electrons. The molecule has 0 spiro atoms. The molecule has 0 aliphatic carbocycles. The Morgan fingerprint density at radius 1 is 0.941 bits per heavy atom. The van der Waals surface area contributed by atoms with E-state index in [-0.39, 0.29) is 61.5 Å². The minimum Gasteiger partial charge on any atom is -0.368 e. The predicted molar refractivity (Wildman–Crippen MR) is 249 cm³/mol. The molecule has 11 rings (SSSR count). The van der Waals surface area contributed by atoms with Crippen LogP contribution in [0.5, 0.6) is 0 Å². The lowest BCUT2D eigenvalue weighted by atomic mass is 9.87. The first-order chi connectivity index (χ1) is 33.0. The van der Waals surface area contributed by atoms with E-state index in [1.54, 1.807) is 35.7 Å². The Kier molecular flexibility index (Phi) is 11.2. The second-order valence-electron chi connectivity index (χ2n) is 18.1. The predicted octanol–water partition coefficient (Wildman–Crippen LogP) is 5.24. The van der Waals surface area contributed by atoms with Crippen LogP contribution in [0.3, 0.4) is 0 Å². The summed E-state index contributed by atoms with van der Waals surface area (Å²) in [4.78, 5) is 83.3. The largest absolute Gasteiger partial charge is 0.368 e. The average molecular weight is 943 g/mol. The average Bonchev–Trinajstić information content (AvgIpc) is 4.20. The second-order valence-corrected chi connectivity index (χ2v) is 19.0. The molecule has 6 amide bonds. The van der Waals surface area contributed by atoms with Crippen LogP contribution < -0.4 is 20.4 Å². The molecule has 17 nitrogen and oxygen atoms in total. The van der Waals surface area contributed by atoms with E-state index in [1.807, 2.05) is 56.8 Å². The van der Waals surface area contributed by atoms with Gasteiger partial charge in [-0.2, -0.15) is 5.10 Å². The normalized spacial score (nSPS) is 20.2. The molecule has 5 aliphatic heterocycles. The monoisotopic (exact) mass is 942 g/mol. The Hall–Kier alpha value is -7.06. The molecule has 2 N–H and O–H groups in total. The number of amides is 6. The number of piperazine rings is 1. The van der Waals surface area contributed by atoms with Crippen molar-refractivity contribution in [1.29, 1.82) is 0 Å². The number of carbonyl (C=O) groups is 5. The number of hydrogen-bond acceptors (Lipinski definition) is 11. The van der Waals surface area contributed by atoms with E-state index < -0.39 is 35.9 Å². The highest BCUT2D eigenvalue weighted by atomic mass is 32.1. The number of imide groups is 1. The summed E-state index contributed by atoms with van der Waals surface area (Å²) in [5, 5.41) is 12.6. The van der Waals surface area contributed by atoms with Crippen molar-refractivity contribution in [2.45, 2.75) is 56.9 Å². The van der Waals surface area contributed by atoms with Crippen LogP contribution in [-0.2, 0) is 40.9 Å². The molecule has 8 heterocycles. The number of carbonyl (C=O) groups excluding carboxylic acids is 5. The number of aromatic nitrogens is 5. The number of benzene rings is 3. The van der Waals surface area contributed by atoms with Gasteiger partial charge in [-0.1, -0.05) is 18.2 Å². The van der Waals surface area contributed by atoms with Crippen molar-refractivity contribution >= 4 is 68.5 Å². The van der Waals surface area contributed by atoms with Crippen molar-refractivity contribution in [3.8, 4) is 11.1 Å². The molecule has 3 atom stereocenters. The van der Waals surface area contributed by atoms with Gasteiger partial charge in [0.2, 0.25) is 11.8 Å². The zero-order valence-corrected chi connectivity index (χ0v) is 38.1. The molecule has 3 aromatic heterocycles. The van der Waals surface area contributed by atoms with E-state index >= 15 is 8.78 Å². The van der Waals surface area contributed by atoms with Crippen molar-refractivity contribution in [3.63, 3.8) is 0 Å². The molecule has 1 unspecified atom stereocenters. The van der Waals surface area contributed by atoms with Crippen molar-refractivity contribution in [2.75, 3.05) is 67.5 Å². The van der Waals surface area contributed by atoms with E-state index in [9.17, 15) is 24.0 Å². The van der Waals surface area contributed by atoms with Crippen LogP contribution in [-0.4, -0.2) is 127 Å². The van der Waals surface area contributed by atoms with Gasteiger partial charge in [-0.3, -0.25) is 44.3 Å². The van der Waals surface area contributed by atoms with Crippen LogP contribution in [0.1, 0.15) is 64.1 Å². The number of likely N-dealkylation sites (tertiary alicyclic amines) is 1. The molecule has 20 heteroatoms. The first-order valence-corrected chi connectivity index (χ1v) is 23.8. The maximum Gasteiger partial charge on any atom is 0.329 e. The SMILES string of the molecule is Cn1nc(N2CCC(=O)NC2=O)c2ccc([C@H]3CCN(CC(=O)N4CCN(c5ccc(-c6cc(F)c7c(c6)C(=O)N(C(C(=O)Nc6nccs6)c6ncn8c6CCC8)C7)cc5)CC4)C[C@H]3F)cc21. The first-order valence-electron chi connectivity index (χ1n) is 22.9. The summed E-state index contributed by atoms with van der Waals surface area (Å²) >= 11 is 1.27. The van der Waals surface area contributed by atoms with Crippen LogP contribution in [0.15, 0.2) is 72.5 Å². The topological polar surface area (TPSA) is 174 Å². The summed E-state index contributed by atoms with van der Waals surface area (Å²) < 4.78 is 35.5. The number of rotatable bonds is 10. The van der Waals surface area contributed by atoms with Gasteiger partial charge in [-0.15, -0.1) is 11.3 Å². The number of thiazole rings is 1. The van der Waals surface area contributed by atoms with Gasteiger partial charge in [0.05, 0.1) is 30.6 Å². The summed E-state index contributed by atoms with van der Waals surface area (Å²) in [7, 11) is 1.78. The quantitative estimate of drug-likeness (QED) is 0.185. The molecule has 0 radical (unpaired) electrons. The maximum absolute atomic E-state index is 16.0. The van der Waals surface area contributed by atoms with E-state index in [2.05, 4.69) is 30.6 Å². The van der Waals surface area contributed by atoms with Crippen molar-refractivity contribution in [1.82, 2.24) is 44.3 Å². The van der Waals surface area contributed by atoms with Crippen LogP contribution in [0, 0.1) is 5.82 Å². The molecule has 68 heavy (non-hydrogen) atoms. The van der Waals surface area contributed by atoms with Gasteiger partial charge in [0, 0.05) is 105 Å². The summed E-state index contributed by atoms with van der Waals surface area (Å²) in [6.45, 7) is 4.01. The lowest BCUT2D eigenvalue weighted by molar-refractivity contribution is -0.133. The number of nitrogens with one attached hydrogen (secondary N) is 2. The second kappa shape index (κ2) is 17.5. The number of alkyl halides is 1. The summed E-state index contributed by atoms with van der Waals surface area (Å²) in [6.07, 6.45) is 4.46. The summed E-state index contributed by atoms with van der Waals surface area (Å²) in [6, 6.07) is 14.9. The van der Waals surface area contributed by atoms with Crippen LogP contribution in [0.25, 0.3) is 22.0 Å². The fourth-order valence-corrected chi connectivity index (χ4v) is 11.0. The number of halogens is 2. The van der Waals surface area contributed by atoms with E-state index in [0.717, 1.165) is 52.8 Å². The lowest BCUT2D eigenvalue weighted by Gasteiger charge is -2.39. The molecule has 5 aliphatic rings. The van der Waals surface area contributed by atoms with Crippen LogP contribution in [0.2, 0.25) is 0 Å². The number of anilines is 3. The van der Waals surface area contributed by atoms with Crippen LogP contribution >= 0.6 is 11.3 Å². The van der Waals surface area contributed by atoms with Crippen molar-refractivity contribution in [2.24, 2.45) is 7.05 Å². The third-order valence-corrected chi connectivity index (χ3v) is 14.8. The smallest absolute Gasteiger partial charge is 0.329 e. The Balaban J connectivity index is 0.698. The zero-order chi connectivity index (χ0) is 46.8. The van der Waals surface area contributed by atoms with E-state index in [4.69, 9.17) is 0 Å². The maximum atomic E-state index is 16.0. The standard InChI is InChI=1S/C48H48F2N12O5S/c1-56-39-23-29(6-9-33(39)44(55-56)61-15-11-40(63)53-48(61)67)32-10-14-57(25-37(32)50)26-41(64)59-18-16-58(17-19-59)31-7-4-28(5-8-31)30-21-34-35(36(49)22-30)24-62(46(34)66)43(45(65)54-47-51-12-20-68-47)42-38-3-2-13-60(38)27-52-42/h4-9,12,20-23,27,32,37,43H,2-3,10-11,13-19,24-26H2,1H3,(H,51,54,65)(H,53,63,67)/t32-,37-,43?/m1/s1. The van der Waals surface area contributed by atoms with Gasteiger partial charge in [-0.25, -0.2) is 23.5 Å². The highest BCUT2D eigenvalue weighted by Crippen LogP contribution is 2.39. The van der Waals surface area contributed by atoms with Gasteiger partial charge >= 0.3 is 6.03 Å². The van der Waals surface area contributed by atoms with Crippen LogP contribution in [0.4, 0.5) is 30.2 Å². The molecule has 6 aromatic rings. The molecule has 0 saturated carbocycles. The fourth-order valence-electron chi connectivity index (χ4n) is 10.5. The van der Waals surface area contributed by atoms with Crippen molar-refractivity contribution in [3.05, 3.63) is 106 Å². The van der Waals surface area contributed by atoms with E-state index in [1.165, 1.54) is 27.2 Å². The Labute approximate surface area is 393 Å². The van der Waals surface area contributed by atoms with Gasteiger partial charge in [-0.05, 0) is 78.9 Å². The first kappa shape index (κ1) is 43.5. The number of urea groups is 1.